The van der Waals surface area contributed by atoms with Gasteiger partial charge in [0.05, 0.1) is 34.1 Å². The van der Waals surface area contributed by atoms with Gasteiger partial charge in [0, 0.05) is 17.7 Å². The molecule has 25 heavy (non-hydrogen) atoms. The number of fused-ring (bicyclic) bond motifs is 2. The number of carbonyl (C=O) groups is 1. The maximum Gasteiger partial charge on any atom is 0.248 e. The van der Waals surface area contributed by atoms with Gasteiger partial charge >= 0.3 is 0 Å². The molecule has 0 bridgehead atoms. The lowest BCUT2D eigenvalue weighted by atomic mass is 10.2. The molecule has 0 atom stereocenters. The van der Waals surface area contributed by atoms with E-state index in [0.717, 1.165) is 21.9 Å². The zero-order valence-electron chi connectivity index (χ0n) is 13.3. The van der Waals surface area contributed by atoms with Crippen molar-refractivity contribution < 1.29 is 4.79 Å². The first kappa shape index (κ1) is 15.0. The maximum absolute atomic E-state index is 12.2. The smallest absolute Gasteiger partial charge is 0.248 e. The van der Waals surface area contributed by atoms with Crippen molar-refractivity contribution in [2.24, 2.45) is 0 Å². The van der Waals surface area contributed by atoms with E-state index in [1.54, 1.807) is 18.5 Å². The second kappa shape index (κ2) is 6.49. The lowest BCUT2D eigenvalue weighted by Gasteiger charge is -2.05. The molecule has 5 heteroatoms. The highest BCUT2D eigenvalue weighted by molar-refractivity contribution is 6.06. The number of nitrogens with one attached hydrogen (secondary N) is 1. The number of para-hydroxylation sites is 3. The molecule has 1 N–H and O–H groups in total. The van der Waals surface area contributed by atoms with Crippen molar-refractivity contribution in [1.29, 1.82) is 0 Å². The zero-order chi connectivity index (χ0) is 17.1. The average Bonchev–Trinajstić information content (AvgIpc) is 2.66. The Morgan fingerprint density at radius 2 is 1.76 bits per heavy atom. The molecule has 4 aromatic rings. The van der Waals surface area contributed by atoms with Gasteiger partial charge < -0.3 is 5.32 Å². The number of carbonyl (C=O) groups excluding carboxylic acids is 1. The number of rotatable bonds is 3. The summed E-state index contributed by atoms with van der Waals surface area (Å²) in [7, 11) is 0. The molecule has 4 rings (SSSR count). The van der Waals surface area contributed by atoms with Crippen molar-refractivity contribution in [1.82, 2.24) is 15.0 Å². The Morgan fingerprint density at radius 1 is 0.920 bits per heavy atom. The standard InChI is InChI=1S/C20H14N4O/c25-19(24-18-9-3-5-14-6-4-12-21-20(14)18)11-10-15-13-22-16-7-1-2-8-17(16)23-15/h1-13H,(H,24,25)/b11-10+. The van der Waals surface area contributed by atoms with Crippen molar-refractivity contribution in [3.63, 3.8) is 0 Å². The van der Waals surface area contributed by atoms with E-state index in [-0.39, 0.29) is 5.91 Å². The molecule has 0 unspecified atom stereocenters. The van der Waals surface area contributed by atoms with E-state index >= 15 is 0 Å². The lowest BCUT2D eigenvalue weighted by molar-refractivity contribution is -0.111. The van der Waals surface area contributed by atoms with E-state index in [2.05, 4.69) is 20.3 Å². The Balaban J connectivity index is 1.55. The molecule has 0 aliphatic carbocycles. The fourth-order valence-corrected chi connectivity index (χ4v) is 2.59. The van der Waals surface area contributed by atoms with Gasteiger partial charge in [0.1, 0.15) is 0 Å². The summed E-state index contributed by atoms with van der Waals surface area (Å²) in [4.78, 5) is 25.3. The SMILES string of the molecule is O=C(/C=C/c1cnc2ccccc2n1)Nc1cccc2cccnc12. The molecule has 0 saturated heterocycles. The molecular weight excluding hydrogens is 312 g/mol. The predicted molar refractivity (Wildman–Crippen MR) is 98.9 cm³/mol. The van der Waals surface area contributed by atoms with Crippen LogP contribution in [-0.4, -0.2) is 20.9 Å². The summed E-state index contributed by atoms with van der Waals surface area (Å²) in [5.41, 5.74) is 3.69. The zero-order valence-corrected chi connectivity index (χ0v) is 13.3. The summed E-state index contributed by atoms with van der Waals surface area (Å²) < 4.78 is 0. The summed E-state index contributed by atoms with van der Waals surface area (Å²) in [5, 5.41) is 3.83. The van der Waals surface area contributed by atoms with Crippen LogP contribution in [0.1, 0.15) is 5.69 Å². The number of benzene rings is 2. The lowest BCUT2D eigenvalue weighted by Crippen LogP contribution is -2.08. The van der Waals surface area contributed by atoms with Crippen LogP contribution in [0.4, 0.5) is 5.69 Å². The highest BCUT2D eigenvalue weighted by Crippen LogP contribution is 2.20. The minimum atomic E-state index is -0.242. The fourth-order valence-electron chi connectivity index (χ4n) is 2.59. The van der Waals surface area contributed by atoms with Crippen LogP contribution in [0.5, 0.6) is 0 Å². The van der Waals surface area contributed by atoms with Gasteiger partial charge in [-0.2, -0.15) is 0 Å². The quantitative estimate of drug-likeness (QED) is 0.581. The van der Waals surface area contributed by atoms with Gasteiger partial charge in [-0.25, -0.2) is 4.98 Å². The highest BCUT2D eigenvalue weighted by atomic mass is 16.1. The number of hydrogen-bond donors (Lipinski definition) is 1. The Kier molecular flexibility index (Phi) is 3.88. The van der Waals surface area contributed by atoms with Gasteiger partial charge in [-0.3, -0.25) is 14.8 Å². The van der Waals surface area contributed by atoms with Crippen LogP contribution in [0.25, 0.3) is 28.0 Å². The van der Waals surface area contributed by atoms with Gasteiger partial charge in [-0.1, -0.05) is 30.3 Å². The topological polar surface area (TPSA) is 67.8 Å². The molecule has 0 saturated carbocycles. The van der Waals surface area contributed by atoms with E-state index < -0.39 is 0 Å². The third kappa shape index (κ3) is 3.21. The van der Waals surface area contributed by atoms with Crippen molar-refractivity contribution in [3.05, 3.63) is 78.8 Å². The number of aromatic nitrogens is 3. The Bertz CT molecular complexity index is 1100. The van der Waals surface area contributed by atoms with Gasteiger partial charge in [0.15, 0.2) is 0 Å². The number of amides is 1. The molecule has 2 aromatic carbocycles. The third-order valence-electron chi connectivity index (χ3n) is 3.76. The normalized spacial score (nSPS) is 11.2. The summed E-state index contributed by atoms with van der Waals surface area (Å²) >= 11 is 0. The van der Waals surface area contributed by atoms with Crippen LogP contribution in [0.2, 0.25) is 0 Å². The van der Waals surface area contributed by atoms with Gasteiger partial charge in [-0.15, -0.1) is 0 Å². The van der Waals surface area contributed by atoms with E-state index in [1.807, 2.05) is 54.6 Å². The largest absolute Gasteiger partial charge is 0.321 e. The molecule has 0 fully saturated rings. The average molecular weight is 326 g/mol. The molecule has 2 aromatic heterocycles. The molecular formula is C20H14N4O. The van der Waals surface area contributed by atoms with E-state index in [9.17, 15) is 4.79 Å². The van der Waals surface area contributed by atoms with Crippen molar-refractivity contribution in [3.8, 4) is 0 Å². The highest BCUT2D eigenvalue weighted by Gasteiger charge is 2.04. The molecule has 0 radical (unpaired) electrons. The van der Waals surface area contributed by atoms with Gasteiger partial charge in [-0.05, 0) is 30.3 Å². The molecule has 0 spiro atoms. The molecule has 120 valence electrons. The number of hydrogen-bond acceptors (Lipinski definition) is 4. The minimum absolute atomic E-state index is 0.242. The second-order valence-electron chi connectivity index (χ2n) is 5.49. The molecule has 0 aliphatic rings. The minimum Gasteiger partial charge on any atom is -0.321 e. The van der Waals surface area contributed by atoms with Gasteiger partial charge in [0.2, 0.25) is 5.91 Å². The molecule has 1 amide bonds. The fraction of sp³-hybridized carbons (Fsp3) is 0. The summed E-state index contributed by atoms with van der Waals surface area (Å²) in [6.45, 7) is 0. The van der Waals surface area contributed by atoms with Crippen LogP contribution < -0.4 is 5.32 Å². The van der Waals surface area contributed by atoms with Crippen molar-refractivity contribution in [2.45, 2.75) is 0 Å². The Labute approximate surface area is 144 Å². The van der Waals surface area contributed by atoms with Crippen molar-refractivity contribution in [2.75, 3.05) is 5.32 Å². The van der Waals surface area contributed by atoms with E-state index in [0.29, 0.717) is 11.4 Å². The van der Waals surface area contributed by atoms with E-state index in [1.165, 1.54) is 6.08 Å². The summed E-state index contributed by atoms with van der Waals surface area (Å²) in [6.07, 6.45) is 6.44. The second-order valence-corrected chi connectivity index (χ2v) is 5.49. The first-order valence-corrected chi connectivity index (χ1v) is 7.84. The van der Waals surface area contributed by atoms with Crippen LogP contribution in [0.15, 0.2) is 73.1 Å². The van der Waals surface area contributed by atoms with Crippen LogP contribution in [-0.2, 0) is 4.79 Å². The van der Waals surface area contributed by atoms with Crippen molar-refractivity contribution >= 4 is 39.6 Å². The summed E-state index contributed by atoms with van der Waals surface area (Å²) in [5.74, 6) is -0.242. The van der Waals surface area contributed by atoms with Crippen LogP contribution in [0, 0.1) is 0 Å². The summed E-state index contributed by atoms with van der Waals surface area (Å²) in [6, 6.07) is 17.1. The van der Waals surface area contributed by atoms with Gasteiger partial charge in [0.25, 0.3) is 0 Å². The first-order valence-electron chi connectivity index (χ1n) is 7.84. The molecule has 5 nitrogen and oxygen atoms in total. The van der Waals surface area contributed by atoms with Crippen LogP contribution >= 0.6 is 0 Å². The third-order valence-corrected chi connectivity index (χ3v) is 3.76. The Morgan fingerprint density at radius 3 is 2.68 bits per heavy atom. The monoisotopic (exact) mass is 326 g/mol. The maximum atomic E-state index is 12.2. The number of nitrogens with zero attached hydrogens (tertiary/aromatic N) is 3. The predicted octanol–water partition coefficient (Wildman–Crippen LogP) is 3.83. The number of anilines is 1. The molecule has 0 aliphatic heterocycles. The number of pyridine rings is 1. The first-order chi connectivity index (χ1) is 12.3. The molecule has 2 heterocycles. The van der Waals surface area contributed by atoms with Crippen LogP contribution in [0.3, 0.4) is 0 Å². The Hall–Kier alpha value is -3.60. The van der Waals surface area contributed by atoms with E-state index in [4.69, 9.17) is 0 Å².